The van der Waals surface area contributed by atoms with E-state index in [9.17, 15) is 14.4 Å². The zero-order chi connectivity index (χ0) is 14.6. The van der Waals surface area contributed by atoms with Crippen molar-refractivity contribution < 1.29 is 29.7 Å². The van der Waals surface area contributed by atoms with E-state index in [0.717, 1.165) is 6.08 Å². The third-order valence-electron chi connectivity index (χ3n) is 0.905. The molecule has 9 nitrogen and oxygen atoms in total. The highest BCUT2D eigenvalue weighted by atomic mass is 16.4. The number of hydrogen-bond acceptors (Lipinski definition) is 6. The third kappa shape index (κ3) is 57.9. The van der Waals surface area contributed by atoms with Gasteiger partial charge in [-0.2, -0.15) is 0 Å². The highest BCUT2D eigenvalue weighted by Crippen LogP contribution is 1.81. The quantitative estimate of drug-likeness (QED) is 0.419. The van der Waals surface area contributed by atoms with Crippen molar-refractivity contribution >= 4 is 17.9 Å². The molecule has 120 valence electrons. The van der Waals surface area contributed by atoms with Gasteiger partial charge in [-0.05, 0) is 13.8 Å². The number of carboxylic acid groups (broad SMARTS) is 3. The summed E-state index contributed by atoms with van der Waals surface area (Å²) in [6, 6.07) is 0. The van der Waals surface area contributed by atoms with Crippen molar-refractivity contribution in [1.29, 1.82) is 0 Å². The highest BCUT2D eigenvalue weighted by molar-refractivity contribution is 5.85. The van der Waals surface area contributed by atoms with Gasteiger partial charge in [0.05, 0.1) is 0 Å². The second-order valence-electron chi connectivity index (χ2n) is 2.71. The first kappa shape index (κ1) is 36.0. The summed E-state index contributed by atoms with van der Waals surface area (Å²) in [6.07, 6.45) is 0.833. The summed E-state index contributed by atoms with van der Waals surface area (Å²) >= 11 is 0. The van der Waals surface area contributed by atoms with Crippen LogP contribution in [0.1, 0.15) is 13.8 Å². The number of carbonyl (C=O) groups is 3. The predicted octanol–water partition coefficient (Wildman–Crippen LogP) is 2.04. The van der Waals surface area contributed by atoms with Gasteiger partial charge in [0, 0.05) is 17.2 Å². The SMILES string of the molecule is C=C(C)C(=O)O.C=C(C)C(=O)O.C=CC(=O)O.N.N.N. The van der Waals surface area contributed by atoms with Crippen molar-refractivity contribution in [3.63, 3.8) is 0 Å². The standard InChI is InChI=1S/2C4H6O2.C3H4O2.3H3N/c2*1-3(2)4(5)6;1-2-3(4)5;;;/h2*1H2,2H3,(H,5,6);2H,1H2,(H,4,5);3*1H3. The van der Waals surface area contributed by atoms with Crippen LogP contribution in [0.5, 0.6) is 0 Å². The second-order valence-corrected chi connectivity index (χ2v) is 2.71. The van der Waals surface area contributed by atoms with Crippen LogP contribution in [0.2, 0.25) is 0 Å². The molecule has 0 aromatic rings. The lowest BCUT2D eigenvalue weighted by atomic mass is 10.4. The van der Waals surface area contributed by atoms with Crippen LogP contribution in [0.25, 0.3) is 0 Å². The van der Waals surface area contributed by atoms with Gasteiger partial charge in [0.2, 0.25) is 0 Å². The molecule has 0 aromatic heterocycles. The van der Waals surface area contributed by atoms with Crippen LogP contribution in [0.4, 0.5) is 0 Å². The Morgan fingerprint density at radius 2 is 0.900 bits per heavy atom. The molecule has 20 heavy (non-hydrogen) atoms. The minimum atomic E-state index is -0.981. The maximum atomic E-state index is 9.60. The topological polar surface area (TPSA) is 217 Å². The Morgan fingerprint density at radius 3 is 0.900 bits per heavy atom. The molecule has 0 aromatic carbocycles. The first-order chi connectivity index (χ1) is 7.56. The Hall–Kier alpha value is -2.49. The lowest BCUT2D eigenvalue weighted by Crippen LogP contribution is -1.92. The molecule has 12 N–H and O–H groups in total. The van der Waals surface area contributed by atoms with Gasteiger partial charge < -0.3 is 33.8 Å². The molecule has 0 aliphatic carbocycles. The molecule has 0 rings (SSSR count). The lowest BCUT2D eigenvalue weighted by molar-refractivity contribution is -0.133. The minimum absolute atomic E-state index is 0. The van der Waals surface area contributed by atoms with Gasteiger partial charge >= 0.3 is 17.9 Å². The van der Waals surface area contributed by atoms with Gasteiger partial charge in [-0.25, -0.2) is 14.4 Å². The maximum absolute atomic E-state index is 9.60. The van der Waals surface area contributed by atoms with Crippen LogP contribution in [0.15, 0.2) is 37.0 Å². The van der Waals surface area contributed by atoms with E-state index in [0.29, 0.717) is 0 Å². The zero-order valence-electron chi connectivity index (χ0n) is 11.9. The monoisotopic (exact) mass is 295 g/mol. The number of hydrogen-bond donors (Lipinski definition) is 6. The molecule has 0 spiro atoms. The molecule has 0 saturated carbocycles. The third-order valence-corrected chi connectivity index (χ3v) is 0.905. The van der Waals surface area contributed by atoms with E-state index in [-0.39, 0.29) is 29.6 Å². The largest absolute Gasteiger partial charge is 0.478 e. The van der Waals surface area contributed by atoms with Gasteiger partial charge in [-0.1, -0.05) is 19.7 Å². The average Bonchev–Trinajstić information content (AvgIpc) is 2.19. The van der Waals surface area contributed by atoms with Crippen LogP contribution in [0.3, 0.4) is 0 Å². The Morgan fingerprint density at radius 1 is 0.800 bits per heavy atom. The maximum Gasteiger partial charge on any atom is 0.330 e. The molecule has 0 atom stereocenters. The van der Waals surface area contributed by atoms with E-state index in [2.05, 4.69) is 19.7 Å². The number of rotatable bonds is 3. The van der Waals surface area contributed by atoms with Crippen molar-refractivity contribution in [3.05, 3.63) is 37.0 Å². The molecular weight excluding hydrogens is 270 g/mol. The van der Waals surface area contributed by atoms with Gasteiger partial charge in [0.25, 0.3) is 0 Å². The fourth-order valence-corrected chi connectivity index (χ4v) is 0. The Labute approximate surface area is 118 Å². The van der Waals surface area contributed by atoms with Crippen molar-refractivity contribution in [1.82, 2.24) is 18.5 Å². The number of carboxylic acids is 3. The molecular formula is C11H25N3O6. The van der Waals surface area contributed by atoms with Crippen molar-refractivity contribution in [3.8, 4) is 0 Å². The van der Waals surface area contributed by atoms with E-state index in [1.54, 1.807) is 0 Å². The first-order valence-corrected chi connectivity index (χ1v) is 4.19. The minimum Gasteiger partial charge on any atom is -0.478 e. The summed E-state index contributed by atoms with van der Waals surface area (Å²) in [5.41, 5.74) is 0.352. The average molecular weight is 295 g/mol. The molecule has 9 heteroatoms. The summed E-state index contributed by atoms with van der Waals surface area (Å²) in [5, 5.41) is 23.4. The molecule has 0 bridgehead atoms. The van der Waals surface area contributed by atoms with Gasteiger partial charge in [-0.15, -0.1) is 0 Å². The molecule has 0 aliphatic heterocycles. The van der Waals surface area contributed by atoms with E-state index >= 15 is 0 Å². The molecule has 0 radical (unpaired) electrons. The van der Waals surface area contributed by atoms with Gasteiger partial charge in [0.1, 0.15) is 0 Å². The van der Waals surface area contributed by atoms with Crippen LogP contribution in [-0.2, 0) is 14.4 Å². The van der Waals surface area contributed by atoms with E-state index in [1.165, 1.54) is 13.8 Å². The number of aliphatic carboxylic acids is 3. The van der Waals surface area contributed by atoms with E-state index in [1.807, 2.05) is 0 Å². The molecule has 0 saturated heterocycles. The van der Waals surface area contributed by atoms with Gasteiger partial charge in [-0.3, -0.25) is 0 Å². The fraction of sp³-hybridized carbons (Fsp3) is 0.182. The van der Waals surface area contributed by atoms with E-state index in [4.69, 9.17) is 15.3 Å². The Kier molecular flexibility index (Phi) is 39.2. The normalized spacial score (nSPS) is 6.10. The van der Waals surface area contributed by atoms with Crippen LogP contribution in [0, 0.1) is 0 Å². The Balaban J connectivity index is -0.0000000343. The van der Waals surface area contributed by atoms with Crippen LogP contribution >= 0.6 is 0 Å². The summed E-state index contributed by atoms with van der Waals surface area (Å²) in [5.74, 6) is -2.85. The van der Waals surface area contributed by atoms with E-state index < -0.39 is 17.9 Å². The van der Waals surface area contributed by atoms with Crippen molar-refractivity contribution in [2.24, 2.45) is 0 Å². The first-order valence-electron chi connectivity index (χ1n) is 4.19. The molecule has 0 aliphatic rings. The Bertz CT molecular complexity index is 291. The predicted molar refractivity (Wildman–Crippen MR) is 77.8 cm³/mol. The van der Waals surface area contributed by atoms with Crippen LogP contribution < -0.4 is 18.5 Å². The fourth-order valence-electron chi connectivity index (χ4n) is 0. The zero-order valence-corrected chi connectivity index (χ0v) is 11.9. The summed E-state index contributed by atoms with van der Waals surface area (Å²) in [7, 11) is 0. The molecule has 0 heterocycles. The highest BCUT2D eigenvalue weighted by Gasteiger charge is 1.90. The van der Waals surface area contributed by atoms with Crippen molar-refractivity contribution in [2.75, 3.05) is 0 Å². The smallest absolute Gasteiger partial charge is 0.330 e. The lowest BCUT2D eigenvalue weighted by Gasteiger charge is -1.79. The second kappa shape index (κ2) is 21.8. The summed E-state index contributed by atoms with van der Waals surface area (Å²) in [4.78, 5) is 28.4. The van der Waals surface area contributed by atoms with Crippen molar-refractivity contribution in [2.45, 2.75) is 13.8 Å². The summed E-state index contributed by atoms with van der Waals surface area (Å²) < 4.78 is 0. The molecule has 0 fully saturated rings. The summed E-state index contributed by atoms with van der Waals surface area (Å²) in [6.45, 7) is 12.2. The molecule has 0 amide bonds. The van der Waals surface area contributed by atoms with Gasteiger partial charge in [0.15, 0.2) is 0 Å². The molecule has 0 unspecified atom stereocenters. The van der Waals surface area contributed by atoms with Crippen LogP contribution in [-0.4, -0.2) is 33.2 Å².